The van der Waals surface area contributed by atoms with E-state index in [0.29, 0.717) is 23.3 Å². The van der Waals surface area contributed by atoms with E-state index in [9.17, 15) is 4.79 Å². The molecule has 0 radical (unpaired) electrons. The molecule has 0 spiro atoms. The SMILES string of the molecule is CC/C(=C/COc1cc(C#N)ccc1C)C(=O)OC. The highest BCUT2D eigenvalue weighted by Crippen LogP contribution is 2.19. The number of carbonyl (C=O) groups excluding carboxylic acids is 1. The lowest BCUT2D eigenvalue weighted by Crippen LogP contribution is -2.06. The predicted molar refractivity (Wildman–Crippen MR) is 71.8 cm³/mol. The van der Waals surface area contributed by atoms with Gasteiger partial charge in [-0.3, -0.25) is 0 Å². The average molecular weight is 259 g/mol. The summed E-state index contributed by atoms with van der Waals surface area (Å²) in [4.78, 5) is 11.4. The van der Waals surface area contributed by atoms with Gasteiger partial charge in [-0.1, -0.05) is 13.0 Å². The second-order valence-corrected chi connectivity index (χ2v) is 3.98. The largest absolute Gasteiger partial charge is 0.489 e. The van der Waals surface area contributed by atoms with Crippen molar-refractivity contribution in [3.05, 3.63) is 41.0 Å². The van der Waals surface area contributed by atoms with Crippen molar-refractivity contribution >= 4 is 5.97 Å². The zero-order chi connectivity index (χ0) is 14.3. The first-order chi connectivity index (χ1) is 9.12. The van der Waals surface area contributed by atoms with Gasteiger partial charge in [0.2, 0.25) is 0 Å². The van der Waals surface area contributed by atoms with E-state index in [-0.39, 0.29) is 12.6 Å². The molecule has 1 aromatic rings. The Morgan fingerprint density at radius 2 is 2.21 bits per heavy atom. The maximum atomic E-state index is 11.4. The summed E-state index contributed by atoms with van der Waals surface area (Å²) < 4.78 is 10.2. The van der Waals surface area contributed by atoms with E-state index >= 15 is 0 Å². The molecule has 0 heterocycles. The van der Waals surface area contributed by atoms with Crippen LogP contribution in [-0.4, -0.2) is 19.7 Å². The summed E-state index contributed by atoms with van der Waals surface area (Å²) in [6.45, 7) is 4.06. The van der Waals surface area contributed by atoms with Crippen LogP contribution in [0.5, 0.6) is 5.75 Å². The van der Waals surface area contributed by atoms with E-state index in [4.69, 9.17) is 10.00 Å². The van der Waals surface area contributed by atoms with Gasteiger partial charge in [0.05, 0.1) is 18.7 Å². The van der Waals surface area contributed by atoms with Crippen LogP contribution in [0.1, 0.15) is 24.5 Å². The quantitative estimate of drug-likeness (QED) is 0.602. The molecule has 0 saturated heterocycles. The molecule has 0 amide bonds. The Bertz CT molecular complexity index is 527. The third-order valence-electron chi connectivity index (χ3n) is 2.71. The number of esters is 1. The van der Waals surface area contributed by atoms with Crippen LogP contribution in [0.3, 0.4) is 0 Å². The van der Waals surface area contributed by atoms with Crippen LogP contribution in [0.4, 0.5) is 0 Å². The maximum Gasteiger partial charge on any atom is 0.333 e. The average Bonchev–Trinajstić information content (AvgIpc) is 2.44. The Labute approximate surface area is 113 Å². The van der Waals surface area contributed by atoms with Crippen LogP contribution < -0.4 is 4.74 Å². The summed E-state index contributed by atoms with van der Waals surface area (Å²) in [7, 11) is 1.35. The van der Waals surface area contributed by atoms with Gasteiger partial charge in [-0.05, 0) is 37.1 Å². The fourth-order valence-corrected chi connectivity index (χ4v) is 1.56. The van der Waals surface area contributed by atoms with Gasteiger partial charge in [0.25, 0.3) is 0 Å². The Hall–Kier alpha value is -2.28. The normalized spacial score (nSPS) is 10.7. The standard InChI is InChI=1S/C15H17NO3/c1-4-13(15(17)18-3)7-8-19-14-9-12(10-16)6-5-11(14)2/h5-7,9H,4,8H2,1-3H3/b13-7-. The van der Waals surface area contributed by atoms with Crippen LogP contribution >= 0.6 is 0 Å². The van der Waals surface area contributed by atoms with Crippen molar-refractivity contribution in [2.45, 2.75) is 20.3 Å². The number of methoxy groups -OCH3 is 1. The van der Waals surface area contributed by atoms with Crippen LogP contribution in [0.2, 0.25) is 0 Å². The van der Waals surface area contributed by atoms with Gasteiger partial charge in [0.1, 0.15) is 12.4 Å². The number of rotatable bonds is 5. The second kappa shape index (κ2) is 7.22. The number of ether oxygens (including phenoxy) is 2. The monoisotopic (exact) mass is 259 g/mol. The Morgan fingerprint density at radius 3 is 2.79 bits per heavy atom. The van der Waals surface area contributed by atoms with Gasteiger partial charge in [-0.2, -0.15) is 5.26 Å². The number of nitriles is 1. The molecule has 0 saturated carbocycles. The highest BCUT2D eigenvalue weighted by molar-refractivity contribution is 5.88. The molecule has 0 unspecified atom stereocenters. The highest BCUT2D eigenvalue weighted by Gasteiger charge is 2.06. The van der Waals surface area contributed by atoms with E-state index < -0.39 is 0 Å². The van der Waals surface area contributed by atoms with E-state index in [0.717, 1.165) is 5.56 Å². The molecule has 19 heavy (non-hydrogen) atoms. The number of hydrogen-bond donors (Lipinski definition) is 0. The van der Waals surface area contributed by atoms with Crippen molar-refractivity contribution in [1.82, 2.24) is 0 Å². The van der Waals surface area contributed by atoms with E-state index in [1.165, 1.54) is 7.11 Å². The van der Waals surface area contributed by atoms with E-state index in [1.807, 2.05) is 19.9 Å². The lowest BCUT2D eigenvalue weighted by atomic mass is 10.1. The molecule has 0 aliphatic rings. The first-order valence-corrected chi connectivity index (χ1v) is 6.03. The third kappa shape index (κ3) is 4.14. The fraction of sp³-hybridized carbons (Fsp3) is 0.333. The van der Waals surface area contributed by atoms with Gasteiger partial charge in [-0.15, -0.1) is 0 Å². The van der Waals surface area contributed by atoms with Crippen LogP contribution in [-0.2, 0) is 9.53 Å². The third-order valence-corrected chi connectivity index (χ3v) is 2.71. The summed E-state index contributed by atoms with van der Waals surface area (Å²) in [5.41, 5.74) is 2.08. The molecule has 100 valence electrons. The number of carbonyl (C=O) groups is 1. The Balaban J connectivity index is 2.74. The molecule has 1 rings (SSSR count). The van der Waals surface area contributed by atoms with Crippen LogP contribution in [0, 0.1) is 18.3 Å². The second-order valence-electron chi connectivity index (χ2n) is 3.98. The van der Waals surface area contributed by atoms with Crippen LogP contribution in [0.15, 0.2) is 29.8 Å². The Morgan fingerprint density at radius 1 is 1.47 bits per heavy atom. The molecule has 4 heteroatoms. The summed E-state index contributed by atoms with van der Waals surface area (Å²) in [5.74, 6) is 0.309. The maximum absolute atomic E-state index is 11.4. The van der Waals surface area contributed by atoms with Gasteiger partial charge >= 0.3 is 5.97 Å². The minimum absolute atomic E-state index is 0.272. The number of aryl methyl sites for hydroxylation is 1. The van der Waals surface area contributed by atoms with Crippen LogP contribution in [0.25, 0.3) is 0 Å². The van der Waals surface area contributed by atoms with Gasteiger partial charge in [-0.25, -0.2) is 4.79 Å². The Kier molecular flexibility index (Phi) is 5.62. The lowest BCUT2D eigenvalue weighted by molar-refractivity contribution is -0.136. The van der Waals surface area contributed by atoms with Crippen molar-refractivity contribution in [2.24, 2.45) is 0 Å². The molecule has 0 atom stereocenters. The van der Waals surface area contributed by atoms with E-state index in [1.54, 1.807) is 18.2 Å². The van der Waals surface area contributed by atoms with Gasteiger partial charge in [0, 0.05) is 5.57 Å². The molecule has 4 nitrogen and oxygen atoms in total. The van der Waals surface area contributed by atoms with Crippen molar-refractivity contribution in [1.29, 1.82) is 5.26 Å². The summed E-state index contributed by atoms with van der Waals surface area (Å²) in [6.07, 6.45) is 2.29. The molecule has 0 bridgehead atoms. The van der Waals surface area contributed by atoms with Crippen molar-refractivity contribution in [3.63, 3.8) is 0 Å². The summed E-state index contributed by atoms with van der Waals surface area (Å²) in [6, 6.07) is 7.32. The molecule has 0 N–H and O–H groups in total. The fourth-order valence-electron chi connectivity index (χ4n) is 1.56. The van der Waals surface area contributed by atoms with Gasteiger partial charge in [0.15, 0.2) is 0 Å². The lowest BCUT2D eigenvalue weighted by Gasteiger charge is -2.08. The predicted octanol–water partition coefficient (Wildman–Crippen LogP) is 2.75. The molecule has 0 aliphatic heterocycles. The summed E-state index contributed by atoms with van der Waals surface area (Å²) >= 11 is 0. The zero-order valence-electron chi connectivity index (χ0n) is 11.4. The molecule has 0 aliphatic carbocycles. The first kappa shape index (κ1) is 14.8. The first-order valence-electron chi connectivity index (χ1n) is 6.03. The summed E-state index contributed by atoms with van der Waals surface area (Å²) in [5, 5.41) is 8.83. The highest BCUT2D eigenvalue weighted by atomic mass is 16.5. The topological polar surface area (TPSA) is 59.3 Å². The molecular formula is C15H17NO3. The van der Waals surface area contributed by atoms with E-state index in [2.05, 4.69) is 10.8 Å². The minimum atomic E-state index is -0.339. The number of benzene rings is 1. The van der Waals surface area contributed by atoms with Crippen molar-refractivity contribution in [2.75, 3.05) is 13.7 Å². The van der Waals surface area contributed by atoms with Gasteiger partial charge < -0.3 is 9.47 Å². The number of nitrogens with zero attached hydrogens (tertiary/aromatic N) is 1. The number of hydrogen-bond acceptors (Lipinski definition) is 4. The minimum Gasteiger partial charge on any atom is -0.489 e. The smallest absolute Gasteiger partial charge is 0.333 e. The van der Waals surface area contributed by atoms with Crippen molar-refractivity contribution < 1.29 is 14.3 Å². The van der Waals surface area contributed by atoms with Crippen molar-refractivity contribution in [3.8, 4) is 11.8 Å². The molecule has 0 fully saturated rings. The molecule has 0 aromatic heterocycles. The molecule has 1 aromatic carbocycles. The molecular weight excluding hydrogens is 242 g/mol. The zero-order valence-corrected chi connectivity index (χ0v) is 11.4.